The minimum Gasteiger partial charge on any atom is -0.378 e. The summed E-state index contributed by atoms with van der Waals surface area (Å²) in [6.07, 6.45) is 5.25. The molecule has 0 bridgehead atoms. The largest absolute Gasteiger partial charge is 0.378 e. The Hall–Kier alpha value is -3.04. The number of hydrogen-bond donors (Lipinski definition) is 1. The Balaban J connectivity index is 1.04. The number of carbonyl (C=O) groups is 2. The average molecular weight is 561 g/mol. The van der Waals surface area contributed by atoms with Gasteiger partial charge in [0, 0.05) is 51.7 Å². The maximum Gasteiger partial charge on any atom is 0.257 e. The molecule has 4 aliphatic rings. The molecular weight excluding hydrogens is 516 g/mol. The number of anilines is 1. The van der Waals surface area contributed by atoms with Gasteiger partial charge in [0.05, 0.1) is 36.2 Å². The van der Waals surface area contributed by atoms with Crippen molar-refractivity contribution in [2.24, 2.45) is 17.8 Å². The van der Waals surface area contributed by atoms with E-state index in [0.29, 0.717) is 36.6 Å². The molecule has 9 heteroatoms. The van der Waals surface area contributed by atoms with Crippen LogP contribution in [0.4, 0.5) is 5.95 Å². The normalized spacial score (nSPS) is 24.0. The minimum absolute atomic E-state index is 0.0363. The summed E-state index contributed by atoms with van der Waals surface area (Å²) in [5, 5.41) is 3.39. The van der Waals surface area contributed by atoms with Gasteiger partial charge < -0.3 is 24.8 Å². The van der Waals surface area contributed by atoms with Gasteiger partial charge in [-0.3, -0.25) is 9.59 Å². The van der Waals surface area contributed by atoms with E-state index in [1.165, 1.54) is 5.56 Å². The zero-order valence-corrected chi connectivity index (χ0v) is 24.6. The molecule has 41 heavy (non-hydrogen) atoms. The van der Waals surface area contributed by atoms with E-state index in [0.717, 1.165) is 89.3 Å². The first kappa shape index (κ1) is 28.1. The minimum atomic E-state index is 0.0363. The average Bonchev–Trinajstić information content (AvgIpc) is 3.73. The number of aromatic nitrogens is 2. The lowest BCUT2D eigenvalue weighted by Gasteiger charge is -2.28. The van der Waals surface area contributed by atoms with Crippen LogP contribution in [0.25, 0.3) is 0 Å². The van der Waals surface area contributed by atoms with Crippen molar-refractivity contribution in [3.8, 4) is 0 Å². The molecule has 0 radical (unpaired) electrons. The van der Waals surface area contributed by atoms with Crippen LogP contribution in [0.15, 0.2) is 30.3 Å². The predicted molar refractivity (Wildman–Crippen MR) is 158 cm³/mol. The molecule has 1 N–H and O–H groups in total. The molecule has 4 heterocycles. The zero-order valence-electron chi connectivity index (χ0n) is 24.6. The summed E-state index contributed by atoms with van der Waals surface area (Å²) >= 11 is 0. The van der Waals surface area contributed by atoms with Crippen LogP contribution in [0, 0.1) is 31.6 Å². The molecule has 1 aromatic carbocycles. The van der Waals surface area contributed by atoms with E-state index in [-0.39, 0.29) is 23.8 Å². The number of benzene rings is 1. The van der Waals surface area contributed by atoms with Gasteiger partial charge in [-0.2, -0.15) is 0 Å². The summed E-state index contributed by atoms with van der Waals surface area (Å²) in [6, 6.07) is 10.4. The fourth-order valence-electron chi connectivity index (χ4n) is 7.31. The highest BCUT2D eigenvalue weighted by Crippen LogP contribution is 2.33. The molecule has 3 aliphatic heterocycles. The molecule has 1 aromatic heterocycles. The van der Waals surface area contributed by atoms with Crippen molar-refractivity contribution < 1.29 is 14.3 Å². The first-order chi connectivity index (χ1) is 20.0. The van der Waals surface area contributed by atoms with Crippen LogP contribution in [0.1, 0.15) is 65.5 Å². The van der Waals surface area contributed by atoms with Gasteiger partial charge >= 0.3 is 0 Å². The van der Waals surface area contributed by atoms with Gasteiger partial charge in [-0.05, 0) is 50.5 Å². The van der Waals surface area contributed by atoms with Crippen molar-refractivity contribution in [2.75, 3.05) is 63.9 Å². The third-order valence-electron chi connectivity index (χ3n) is 9.59. The molecule has 3 saturated heterocycles. The van der Waals surface area contributed by atoms with Gasteiger partial charge in [0.1, 0.15) is 0 Å². The van der Waals surface area contributed by atoms with E-state index in [1.54, 1.807) is 0 Å². The first-order valence-corrected chi connectivity index (χ1v) is 15.5. The number of nitrogens with zero attached hydrogens (tertiary/aromatic N) is 5. The number of ether oxygens (including phenoxy) is 1. The van der Waals surface area contributed by atoms with Crippen molar-refractivity contribution in [2.45, 2.75) is 52.0 Å². The Kier molecular flexibility index (Phi) is 8.53. The Morgan fingerprint density at radius 3 is 2.22 bits per heavy atom. The molecular formula is C32H44N6O3. The topological polar surface area (TPSA) is 90.9 Å². The number of amides is 2. The summed E-state index contributed by atoms with van der Waals surface area (Å²) < 4.78 is 5.46. The van der Waals surface area contributed by atoms with Crippen LogP contribution < -0.4 is 10.2 Å². The second kappa shape index (κ2) is 12.4. The number of fused-ring (bicyclic) bond motifs is 1. The predicted octanol–water partition coefficient (Wildman–Crippen LogP) is 3.37. The Morgan fingerprint density at radius 2 is 1.59 bits per heavy atom. The maximum absolute atomic E-state index is 13.6. The second-order valence-corrected chi connectivity index (χ2v) is 12.4. The maximum atomic E-state index is 13.6. The monoisotopic (exact) mass is 560 g/mol. The second-order valence-electron chi connectivity index (χ2n) is 12.4. The molecule has 2 unspecified atom stereocenters. The van der Waals surface area contributed by atoms with Gasteiger partial charge in [0.2, 0.25) is 11.9 Å². The quantitative estimate of drug-likeness (QED) is 0.530. The molecule has 1 aliphatic carbocycles. The van der Waals surface area contributed by atoms with E-state index in [2.05, 4.69) is 39.4 Å². The van der Waals surface area contributed by atoms with E-state index < -0.39 is 0 Å². The zero-order chi connectivity index (χ0) is 28.3. The third-order valence-corrected chi connectivity index (χ3v) is 9.59. The standard InChI is InChI=1S/C32H44N6O3/c1-22-29(23(2)34-32(33-22)37-14-16-41-17-15-37)31(40)38-20-26-18-36(19-27(26)21-38)13-12-28(24-8-4-3-5-9-24)35-30(39)25-10-6-7-11-25/h3-5,8-9,25-28H,6-7,10-21H2,1-2H3,(H,35,39)/t26-,27?,28?/m0/s1. The van der Waals surface area contributed by atoms with Crippen molar-refractivity contribution in [1.29, 1.82) is 0 Å². The van der Waals surface area contributed by atoms with Crippen molar-refractivity contribution in [3.63, 3.8) is 0 Å². The number of nitrogens with one attached hydrogen (secondary N) is 1. The van der Waals surface area contributed by atoms with Crippen molar-refractivity contribution >= 4 is 17.8 Å². The van der Waals surface area contributed by atoms with E-state index in [9.17, 15) is 9.59 Å². The number of carbonyl (C=O) groups excluding carboxylic acids is 2. The third kappa shape index (κ3) is 6.26. The van der Waals surface area contributed by atoms with Crippen LogP contribution in [-0.4, -0.2) is 90.6 Å². The molecule has 9 nitrogen and oxygen atoms in total. The SMILES string of the molecule is Cc1nc(N2CCOCC2)nc(C)c1C(=O)N1CC2CN(CCC(NC(=O)C3CCCC3)c3ccccc3)C[C@H]2C1. The summed E-state index contributed by atoms with van der Waals surface area (Å²) in [6.45, 7) is 11.3. The van der Waals surface area contributed by atoms with Crippen molar-refractivity contribution in [1.82, 2.24) is 25.1 Å². The number of likely N-dealkylation sites (tertiary alicyclic amines) is 2. The molecule has 3 atom stereocenters. The summed E-state index contributed by atoms with van der Waals surface area (Å²) in [4.78, 5) is 42.7. The fraction of sp³-hybridized carbons (Fsp3) is 0.625. The highest BCUT2D eigenvalue weighted by atomic mass is 16.5. The highest BCUT2D eigenvalue weighted by Gasteiger charge is 2.42. The smallest absolute Gasteiger partial charge is 0.257 e. The summed E-state index contributed by atoms with van der Waals surface area (Å²) in [5.41, 5.74) is 3.36. The van der Waals surface area contributed by atoms with Gasteiger partial charge in [0.15, 0.2) is 0 Å². The number of rotatable bonds is 8. The lowest BCUT2D eigenvalue weighted by atomic mass is 10.0. The molecule has 0 spiro atoms. The van der Waals surface area contributed by atoms with Crippen LogP contribution in [0.3, 0.4) is 0 Å². The molecule has 2 amide bonds. The number of aryl methyl sites for hydroxylation is 2. The molecule has 220 valence electrons. The van der Waals surface area contributed by atoms with Gasteiger partial charge in [-0.15, -0.1) is 0 Å². The van der Waals surface area contributed by atoms with E-state index in [4.69, 9.17) is 14.7 Å². The van der Waals surface area contributed by atoms with Crippen molar-refractivity contribution in [3.05, 3.63) is 52.8 Å². The summed E-state index contributed by atoms with van der Waals surface area (Å²) in [5.74, 6) is 2.11. The fourth-order valence-corrected chi connectivity index (χ4v) is 7.31. The molecule has 2 aromatic rings. The number of hydrogen-bond acceptors (Lipinski definition) is 7. The first-order valence-electron chi connectivity index (χ1n) is 15.5. The molecule has 6 rings (SSSR count). The van der Waals surface area contributed by atoms with Crippen LogP contribution >= 0.6 is 0 Å². The number of morpholine rings is 1. The lowest BCUT2D eigenvalue weighted by Crippen LogP contribution is -2.38. The molecule has 4 fully saturated rings. The van der Waals surface area contributed by atoms with Crippen LogP contribution in [0.2, 0.25) is 0 Å². The van der Waals surface area contributed by atoms with E-state index >= 15 is 0 Å². The van der Waals surface area contributed by atoms with Gasteiger partial charge in [0.25, 0.3) is 5.91 Å². The highest BCUT2D eigenvalue weighted by molar-refractivity contribution is 5.96. The van der Waals surface area contributed by atoms with Crippen LogP contribution in [-0.2, 0) is 9.53 Å². The summed E-state index contributed by atoms with van der Waals surface area (Å²) in [7, 11) is 0. The lowest BCUT2D eigenvalue weighted by molar-refractivity contribution is -0.125. The molecule has 1 saturated carbocycles. The van der Waals surface area contributed by atoms with Crippen LogP contribution in [0.5, 0.6) is 0 Å². The van der Waals surface area contributed by atoms with Gasteiger partial charge in [-0.1, -0.05) is 43.2 Å². The Labute approximate surface area is 243 Å². The van der Waals surface area contributed by atoms with E-state index in [1.807, 2.05) is 24.8 Å². The van der Waals surface area contributed by atoms with Gasteiger partial charge in [-0.25, -0.2) is 9.97 Å². The Morgan fingerprint density at radius 1 is 0.951 bits per heavy atom. The Bertz CT molecular complexity index is 1190.